The Bertz CT molecular complexity index is 1320. The summed E-state index contributed by atoms with van der Waals surface area (Å²) < 4.78 is 26.7. The van der Waals surface area contributed by atoms with Gasteiger partial charge >= 0.3 is 0 Å². The van der Waals surface area contributed by atoms with Crippen LogP contribution in [0.25, 0.3) is 17.1 Å². The minimum absolute atomic E-state index is 0.000955. The number of nitrogens with zero attached hydrogens (tertiary/aromatic N) is 4. The van der Waals surface area contributed by atoms with Crippen LogP contribution in [0.5, 0.6) is 0 Å². The first kappa shape index (κ1) is 22.1. The number of carbonyl (C=O) groups is 1. The van der Waals surface area contributed by atoms with Crippen LogP contribution in [0.4, 0.5) is 0 Å². The molecule has 0 unspecified atom stereocenters. The molecule has 0 saturated carbocycles. The Labute approximate surface area is 195 Å². The quantitative estimate of drug-likeness (QED) is 0.430. The number of para-hydroxylation sites is 1. The summed E-state index contributed by atoms with van der Waals surface area (Å²) in [5.74, 6) is 0.418. The van der Waals surface area contributed by atoms with Crippen molar-refractivity contribution in [3.63, 3.8) is 0 Å². The van der Waals surface area contributed by atoms with Crippen LogP contribution in [0, 0.1) is 0 Å². The van der Waals surface area contributed by atoms with Crippen LogP contribution in [-0.2, 0) is 27.6 Å². The summed E-state index contributed by atoms with van der Waals surface area (Å²) >= 11 is 1.30. The van der Waals surface area contributed by atoms with Gasteiger partial charge in [-0.25, -0.2) is 13.4 Å². The molecular weight excluding hydrogens is 462 g/mol. The molecule has 1 amide bonds. The molecule has 1 fully saturated rings. The lowest BCUT2D eigenvalue weighted by Crippen LogP contribution is -2.36. The molecular formula is C22H25N5O4S2. The van der Waals surface area contributed by atoms with Gasteiger partial charge in [0.1, 0.15) is 5.56 Å². The molecule has 0 radical (unpaired) electrons. The highest BCUT2D eigenvalue weighted by Crippen LogP contribution is 2.30. The van der Waals surface area contributed by atoms with Crippen LogP contribution >= 0.6 is 11.8 Å². The van der Waals surface area contributed by atoms with Crippen molar-refractivity contribution in [2.75, 3.05) is 17.3 Å². The number of thioether (sulfide) groups is 1. The van der Waals surface area contributed by atoms with E-state index in [0.717, 1.165) is 37.9 Å². The molecule has 4 heterocycles. The molecule has 1 N–H and O–H groups in total. The number of amides is 1. The molecule has 1 aromatic rings. The van der Waals surface area contributed by atoms with Gasteiger partial charge in [0.2, 0.25) is 5.91 Å². The summed E-state index contributed by atoms with van der Waals surface area (Å²) in [5.41, 5.74) is 1.99. The maximum atomic E-state index is 13.3. The zero-order chi connectivity index (χ0) is 23.0. The Morgan fingerprint density at radius 3 is 2.76 bits per heavy atom. The second-order valence-corrected chi connectivity index (χ2v) is 11.7. The van der Waals surface area contributed by atoms with Crippen molar-refractivity contribution in [1.82, 2.24) is 24.6 Å². The molecule has 33 heavy (non-hydrogen) atoms. The van der Waals surface area contributed by atoms with Gasteiger partial charge in [0, 0.05) is 18.3 Å². The molecule has 1 aromatic carbocycles. The molecule has 9 nitrogen and oxygen atoms in total. The Kier molecular flexibility index (Phi) is 6.00. The van der Waals surface area contributed by atoms with Crippen LogP contribution in [-0.4, -0.2) is 57.0 Å². The van der Waals surface area contributed by atoms with Crippen LogP contribution in [0.1, 0.15) is 31.4 Å². The standard InChI is InChI=1S/C22H25N5O4S2/c28-18(23-15-10-12-33(30,31)14-15)13-32-22-24-20-19(17-9-5-2-6-11-26(17)22)21(29)27(25-20)16-7-3-1-4-8-16/h1,3-4,7-8,15H,2,5-6,9-14H2,(H,23,28)/t15-/m1/s1. The van der Waals surface area contributed by atoms with Crippen molar-refractivity contribution < 1.29 is 13.2 Å². The minimum atomic E-state index is -3.05. The molecule has 4 aliphatic rings. The number of benzene rings is 1. The number of hydrogen-bond acceptors (Lipinski definition) is 7. The zero-order valence-corrected chi connectivity index (χ0v) is 19.7. The monoisotopic (exact) mass is 487 g/mol. The Balaban J connectivity index is 1.45. The summed E-state index contributed by atoms with van der Waals surface area (Å²) in [7, 11) is -3.05. The van der Waals surface area contributed by atoms with Crippen LogP contribution < -0.4 is 10.9 Å². The van der Waals surface area contributed by atoms with E-state index in [2.05, 4.69) is 20.0 Å². The normalized spacial score (nSPS) is 19.8. The van der Waals surface area contributed by atoms with E-state index < -0.39 is 9.84 Å². The lowest BCUT2D eigenvalue weighted by atomic mass is 10.1. The Morgan fingerprint density at radius 2 is 2.00 bits per heavy atom. The Morgan fingerprint density at radius 1 is 1.18 bits per heavy atom. The second kappa shape index (κ2) is 8.94. The van der Waals surface area contributed by atoms with Gasteiger partial charge < -0.3 is 9.88 Å². The number of aromatic nitrogens is 4. The third-order valence-electron chi connectivity index (χ3n) is 6.10. The summed E-state index contributed by atoms with van der Waals surface area (Å²) in [5, 5.41) is 7.99. The fourth-order valence-corrected chi connectivity index (χ4v) is 7.04. The highest BCUT2D eigenvalue weighted by molar-refractivity contribution is 7.99. The van der Waals surface area contributed by atoms with Crippen molar-refractivity contribution in [1.29, 1.82) is 0 Å². The first-order valence-electron chi connectivity index (χ1n) is 11.1. The van der Waals surface area contributed by atoms with Gasteiger partial charge in [-0.15, -0.1) is 5.10 Å². The van der Waals surface area contributed by atoms with Crippen molar-refractivity contribution in [3.8, 4) is 17.1 Å². The number of sulfone groups is 1. The summed E-state index contributed by atoms with van der Waals surface area (Å²) in [6, 6.07) is 8.95. The molecule has 0 bridgehead atoms. The minimum Gasteiger partial charge on any atom is -0.352 e. The lowest BCUT2D eigenvalue weighted by Gasteiger charge is -2.18. The van der Waals surface area contributed by atoms with Gasteiger partial charge in [-0.1, -0.05) is 36.4 Å². The predicted octanol–water partition coefficient (Wildman–Crippen LogP) is 1.66. The van der Waals surface area contributed by atoms with E-state index in [9.17, 15) is 18.0 Å². The third kappa shape index (κ3) is 4.56. The molecule has 4 aliphatic heterocycles. The van der Waals surface area contributed by atoms with Gasteiger partial charge in [-0.05, 0) is 37.8 Å². The molecule has 1 saturated heterocycles. The van der Waals surface area contributed by atoms with Gasteiger partial charge in [-0.2, -0.15) is 4.68 Å². The molecule has 0 aromatic heterocycles. The first-order valence-corrected chi connectivity index (χ1v) is 13.9. The van der Waals surface area contributed by atoms with Crippen LogP contribution in [0.3, 0.4) is 0 Å². The third-order valence-corrected chi connectivity index (χ3v) is 8.84. The van der Waals surface area contributed by atoms with E-state index in [1.165, 1.54) is 16.4 Å². The van der Waals surface area contributed by atoms with E-state index in [1.807, 2.05) is 30.3 Å². The van der Waals surface area contributed by atoms with E-state index in [4.69, 9.17) is 0 Å². The van der Waals surface area contributed by atoms with Crippen molar-refractivity contribution in [3.05, 3.63) is 46.4 Å². The largest absolute Gasteiger partial charge is 0.352 e. The van der Waals surface area contributed by atoms with E-state index in [1.54, 1.807) is 0 Å². The van der Waals surface area contributed by atoms with Gasteiger partial charge in [0.25, 0.3) is 5.56 Å². The molecule has 0 aliphatic carbocycles. The number of nitrogens with one attached hydrogen (secondary N) is 1. The van der Waals surface area contributed by atoms with E-state index in [-0.39, 0.29) is 34.8 Å². The number of fused-ring (bicyclic) bond motifs is 3. The highest BCUT2D eigenvalue weighted by Gasteiger charge is 2.30. The van der Waals surface area contributed by atoms with E-state index >= 15 is 0 Å². The fourth-order valence-electron chi connectivity index (χ4n) is 4.52. The number of hydrogen-bond donors (Lipinski definition) is 1. The lowest BCUT2D eigenvalue weighted by molar-refractivity contribution is -0.119. The van der Waals surface area contributed by atoms with Crippen molar-refractivity contribution in [2.24, 2.45) is 0 Å². The SMILES string of the molecule is O=C(CSc1nc2nn(-c3ccccc3)c(=O)c-2c2n1CCCCC2)N[C@@H]1CCS(=O)(=O)C1. The second-order valence-electron chi connectivity index (χ2n) is 8.51. The van der Waals surface area contributed by atoms with Gasteiger partial charge in [0.15, 0.2) is 20.8 Å². The van der Waals surface area contributed by atoms with Crippen molar-refractivity contribution >= 4 is 27.5 Å². The number of carbonyl (C=O) groups excluding carboxylic acids is 1. The van der Waals surface area contributed by atoms with Crippen LogP contribution in [0.2, 0.25) is 0 Å². The molecule has 1 atom stereocenters. The molecule has 174 valence electrons. The summed E-state index contributed by atoms with van der Waals surface area (Å²) in [6.45, 7) is 0.735. The average Bonchev–Trinajstić information content (AvgIpc) is 3.19. The first-order chi connectivity index (χ1) is 15.9. The van der Waals surface area contributed by atoms with Gasteiger partial charge in [0.05, 0.1) is 22.9 Å². The number of rotatable bonds is 5. The van der Waals surface area contributed by atoms with E-state index in [0.29, 0.717) is 28.7 Å². The fraction of sp³-hybridized carbons (Fsp3) is 0.455. The Hall–Kier alpha value is -2.66. The average molecular weight is 488 g/mol. The van der Waals surface area contributed by atoms with Crippen LogP contribution in [0.15, 0.2) is 40.3 Å². The maximum Gasteiger partial charge on any atom is 0.284 e. The zero-order valence-electron chi connectivity index (χ0n) is 18.1. The van der Waals surface area contributed by atoms with Gasteiger partial charge in [-0.3, -0.25) is 9.59 Å². The van der Waals surface area contributed by atoms with Crippen molar-refractivity contribution in [2.45, 2.75) is 49.8 Å². The molecule has 5 rings (SSSR count). The maximum absolute atomic E-state index is 13.3. The molecule has 11 heteroatoms. The topological polar surface area (TPSA) is 116 Å². The predicted molar refractivity (Wildman–Crippen MR) is 126 cm³/mol. The smallest absolute Gasteiger partial charge is 0.284 e. The highest BCUT2D eigenvalue weighted by atomic mass is 32.2. The summed E-state index contributed by atoms with van der Waals surface area (Å²) in [4.78, 5) is 30.4. The molecule has 0 spiro atoms. The summed E-state index contributed by atoms with van der Waals surface area (Å²) in [6.07, 6.45) is 4.23.